The zero-order valence-corrected chi connectivity index (χ0v) is 16.9. The Bertz CT molecular complexity index is 1020. The summed E-state index contributed by atoms with van der Waals surface area (Å²) in [6.07, 6.45) is 0. The van der Waals surface area contributed by atoms with Crippen molar-refractivity contribution in [1.82, 2.24) is 15.5 Å². The fourth-order valence-corrected chi connectivity index (χ4v) is 2.96. The van der Waals surface area contributed by atoms with Crippen LogP contribution in [0.3, 0.4) is 0 Å². The minimum Gasteiger partial charge on any atom is -0.414 e. The van der Waals surface area contributed by atoms with Gasteiger partial charge < -0.3 is 20.4 Å². The van der Waals surface area contributed by atoms with Gasteiger partial charge in [-0.2, -0.15) is 0 Å². The van der Waals surface area contributed by atoms with E-state index in [0.717, 1.165) is 11.8 Å². The van der Waals surface area contributed by atoms with Crippen molar-refractivity contribution in [1.29, 1.82) is 0 Å². The molecular weight excluding hydrogens is 406 g/mol. The Hall–Kier alpha value is -3.66. The summed E-state index contributed by atoms with van der Waals surface area (Å²) in [5.74, 6) is -0.334. The van der Waals surface area contributed by atoms with E-state index in [1.807, 2.05) is 6.07 Å². The van der Waals surface area contributed by atoms with E-state index in [2.05, 4.69) is 26.1 Å². The van der Waals surface area contributed by atoms with E-state index < -0.39 is 0 Å². The molecule has 0 aliphatic carbocycles. The van der Waals surface area contributed by atoms with Crippen LogP contribution >= 0.6 is 11.8 Å². The summed E-state index contributed by atoms with van der Waals surface area (Å²) >= 11 is 1.09. The second kappa shape index (κ2) is 10.2. The fourth-order valence-electron chi connectivity index (χ4n) is 2.38. The number of rotatable bonds is 8. The number of aromatic nitrogens is 2. The highest BCUT2D eigenvalue weighted by molar-refractivity contribution is 7.99. The SMILES string of the molecule is CC(=O)Nc1ccc(NC(=O)CSc2nnc(CNC(=O)c3ccccc3)o2)cc1. The molecule has 3 N–H and O–H groups in total. The third-order valence-electron chi connectivity index (χ3n) is 3.70. The minimum atomic E-state index is -0.246. The van der Waals surface area contributed by atoms with Crippen molar-refractivity contribution in [3.63, 3.8) is 0 Å². The van der Waals surface area contributed by atoms with Crippen LogP contribution in [0.5, 0.6) is 0 Å². The van der Waals surface area contributed by atoms with Gasteiger partial charge in [-0.25, -0.2) is 0 Å². The number of benzene rings is 2. The standard InChI is InChI=1S/C20H19N5O4S/c1-13(26)22-15-7-9-16(10-8-15)23-17(27)12-30-20-25-24-18(29-20)11-21-19(28)14-5-3-2-4-6-14/h2-10H,11-12H2,1H3,(H,21,28)(H,22,26)(H,23,27). The molecule has 0 radical (unpaired) electrons. The summed E-state index contributed by atoms with van der Waals surface area (Å²) in [6, 6.07) is 15.6. The Morgan fingerprint density at radius 1 is 0.933 bits per heavy atom. The molecule has 30 heavy (non-hydrogen) atoms. The highest BCUT2D eigenvalue weighted by Crippen LogP contribution is 2.18. The van der Waals surface area contributed by atoms with E-state index in [1.54, 1.807) is 48.5 Å². The highest BCUT2D eigenvalue weighted by Gasteiger charge is 2.12. The minimum absolute atomic E-state index is 0.0749. The lowest BCUT2D eigenvalue weighted by molar-refractivity contribution is -0.114. The van der Waals surface area contributed by atoms with Gasteiger partial charge in [-0.1, -0.05) is 30.0 Å². The van der Waals surface area contributed by atoms with Crippen LogP contribution in [0.2, 0.25) is 0 Å². The van der Waals surface area contributed by atoms with E-state index in [0.29, 0.717) is 16.9 Å². The van der Waals surface area contributed by atoms with Crippen LogP contribution in [0, 0.1) is 0 Å². The predicted octanol–water partition coefficient (Wildman–Crippen LogP) is 2.69. The van der Waals surface area contributed by atoms with E-state index in [1.165, 1.54) is 6.92 Å². The topological polar surface area (TPSA) is 126 Å². The maximum absolute atomic E-state index is 12.1. The van der Waals surface area contributed by atoms with Crippen molar-refractivity contribution in [3.8, 4) is 0 Å². The summed E-state index contributed by atoms with van der Waals surface area (Å²) in [5.41, 5.74) is 1.78. The average Bonchev–Trinajstić information content (AvgIpc) is 3.20. The van der Waals surface area contributed by atoms with Gasteiger partial charge in [0.15, 0.2) is 0 Å². The summed E-state index contributed by atoms with van der Waals surface area (Å²) in [7, 11) is 0. The molecule has 1 aromatic heterocycles. The molecule has 9 nitrogen and oxygen atoms in total. The Morgan fingerprint density at radius 2 is 1.60 bits per heavy atom. The third kappa shape index (κ3) is 6.45. The van der Waals surface area contributed by atoms with Gasteiger partial charge in [0, 0.05) is 23.9 Å². The monoisotopic (exact) mass is 425 g/mol. The molecule has 2 aromatic carbocycles. The van der Waals surface area contributed by atoms with Gasteiger partial charge in [0.25, 0.3) is 11.1 Å². The first-order valence-electron chi connectivity index (χ1n) is 8.95. The van der Waals surface area contributed by atoms with Crippen LogP contribution in [0.15, 0.2) is 64.2 Å². The number of carbonyl (C=O) groups excluding carboxylic acids is 3. The van der Waals surface area contributed by atoms with Crippen LogP contribution in [-0.4, -0.2) is 33.7 Å². The lowest BCUT2D eigenvalue weighted by Crippen LogP contribution is -2.22. The molecule has 1 heterocycles. The maximum atomic E-state index is 12.1. The molecule has 0 saturated heterocycles. The molecule has 10 heteroatoms. The Balaban J connectivity index is 1.43. The van der Waals surface area contributed by atoms with Crippen molar-refractivity contribution in [2.24, 2.45) is 0 Å². The van der Waals surface area contributed by atoms with E-state index in [4.69, 9.17) is 4.42 Å². The smallest absolute Gasteiger partial charge is 0.277 e. The van der Waals surface area contributed by atoms with Gasteiger partial charge in [-0.05, 0) is 36.4 Å². The number of hydrogen-bond acceptors (Lipinski definition) is 7. The Kier molecular flexibility index (Phi) is 7.17. The largest absolute Gasteiger partial charge is 0.414 e. The summed E-state index contributed by atoms with van der Waals surface area (Å²) < 4.78 is 5.43. The van der Waals surface area contributed by atoms with Gasteiger partial charge in [0.2, 0.25) is 17.7 Å². The zero-order valence-electron chi connectivity index (χ0n) is 16.0. The van der Waals surface area contributed by atoms with Crippen LogP contribution in [0.4, 0.5) is 11.4 Å². The highest BCUT2D eigenvalue weighted by atomic mass is 32.2. The molecule has 0 unspecified atom stereocenters. The van der Waals surface area contributed by atoms with Gasteiger partial charge in [-0.15, -0.1) is 10.2 Å². The van der Waals surface area contributed by atoms with Crippen LogP contribution < -0.4 is 16.0 Å². The second-order valence-corrected chi connectivity index (χ2v) is 7.03. The normalized spacial score (nSPS) is 10.3. The van der Waals surface area contributed by atoms with Crippen LogP contribution in [0.25, 0.3) is 0 Å². The van der Waals surface area contributed by atoms with Crippen LogP contribution in [0.1, 0.15) is 23.2 Å². The predicted molar refractivity (Wildman–Crippen MR) is 112 cm³/mol. The number of hydrogen-bond donors (Lipinski definition) is 3. The number of nitrogens with zero attached hydrogens (tertiary/aromatic N) is 2. The molecule has 0 saturated carbocycles. The van der Waals surface area contributed by atoms with Gasteiger partial charge in [-0.3, -0.25) is 14.4 Å². The van der Waals surface area contributed by atoms with Crippen molar-refractivity contribution < 1.29 is 18.8 Å². The van der Waals surface area contributed by atoms with Gasteiger partial charge in [0.1, 0.15) is 0 Å². The summed E-state index contributed by atoms with van der Waals surface area (Å²) in [5, 5.41) is 16.0. The molecule has 3 rings (SSSR count). The molecule has 0 atom stereocenters. The number of nitrogens with one attached hydrogen (secondary N) is 3. The van der Waals surface area contributed by atoms with Gasteiger partial charge in [0.05, 0.1) is 12.3 Å². The van der Waals surface area contributed by atoms with E-state index >= 15 is 0 Å². The molecule has 0 aliphatic heterocycles. The molecule has 3 aromatic rings. The first-order valence-corrected chi connectivity index (χ1v) is 9.94. The first kappa shape index (κ1) is 21.1. The Labute approximate surface area is 176 Å². The average molecular weight is 425 g/mol. The van der Waals surface area contributed by atoms with Gasteiger partial charge >= 0.3 is 0 Å². The summed E-state index contributed by atoms with van der Waals surface area (Å²) in [6.45, 7) is 1.52. The maximum Gasteiger partial charge on any atom is 0.277 e. The summed E-state index contributed by atoms with van der Waals surface area (Å²) in [4.78, 5) is 35.1. The van der Waals surface area contributed by atoms with Crippen molar-refractivity contribution >= 4 is 40.9 Å². The third-order valence-corrected chi connectivity index (χ3v) is 4.52. The van der Waals surface area contributed by atoms with Crippen molar-refractivity contribution in [2.75, 3.05) is 16.4 Å². The molecule has 0 aliphatic rings. The van der Waals surface area contributed by atoms with E-state index in [-0.39, 0.29) is 41.1 Å². The number of carbonyl (C=O) groups is 3. The zero-order chi connectivity index (χ0) is 21.3. The van der Waals surface area contributed by atoms with Crippen molar-refractivity contribution in [3.05, 3.63) is 66.1 Å². The second-order valence-electron chi connectivity index (χ2n) is 6.11. The number of amides is 3. The molecule has 0 spiro atoms. The van der Waals surface area contributed by atoms with E-state index in [9.17, 15) is 14.4 Å². The first-order chi connectivity index (χ1) is 14.5. The molecule has 0 bridgehead atoms. The quantitative estimate of drug-likeness (QED) is 0.474. The number of thioether (sulfide) groups is 1. The molecule has 0 fully saturated rings. The lowest BCUT2D eigenvalue weighted by atomic mass is 10.2. The lowest BCUT2D eigenvalue weighted by Gasteiger charge is -2.06. The fraction of sp³-hybridized carbons (Fsp3) is 0.150. The molecule has 3 amide bonds. The Morgan fingerprint density at radius 3 is 2.27 bits per heavy atom. The van der Waals surface area contributed by atoms with Crippen LogP contribution in [-0.2, 0) is 16.1 Å². The van der Waals surface area contributed by atoms with Crippen molar-refractivity contribution in [2.45, 2.75) is 18.7 Å². The molecule has 154 valence electrons. The molecular formula is C20H19N5O4S. The number of anilines is 2.